The van der Waals surface area contributed by atoms with Gasteiger partial charge in [0.25, 0.3) is 0 Å². The van der Waals surface area contributed by atoms with Crippen molar-refractivity contribution in [3.8, 4) is 23.0 Å². The largest absolute Gasteiger partial charge is 0.497 e. The maximum atomic E-state index is 5.46. The number of guanidine groups is 1. The van der Waals surface area contributed by atoms with Crippen LogP contribution in [0.4, 0.5) is 0 Å². The molecule has 0 fully saturated rings. The van der Waals surface area contributed by atoms with E-state index in [1.54, 1.807) is 35.5 Å². The zero-order valence-electron chi connectivity index (χ0n) is 16.9. The van der Waals surface area contributed by atoms with Crippen LogP contribution in [0, 0.1) is 0 Å². The molecule has 28 heavy (non-hydrogen) atoms. The number of benzene rings is 2. The van der Waals surface area contributed by atoms with E-state index in [1.807, 2.05) is 36.4 Å². The van der Waals surface area contributed by atoms with Gasteiger partial charge in [-0.15, -0.1) is 24.0 Å². The summed E-state index contributed by atoms with van der Waals surface area (Å²) in [4.78, 5) is 4.26. The Kier molecular flexibility index (Phi) is 10.3. The molecule has 0 aliphatic rings. The van der Waals surface area contributed by atoms with Crippen molar-refractivity contribution < 1.29 is 18.9 Å². The molecule has 0 atom stereocenters. The number of aliphatic imine (C=N–C) groups is 1. The zero-order chi connectivity index (χ0) is 19.6. The molecular formula is C20H28IN3O4. The van der Waals surface area contributed by atoms with Crippen molar-refractivity contribution in [3.63, 3.8) is 0 Å². The highest BCUT2D eigenvalue weighted by atomic mass is 127. The van der Waals surface area contributed by atoms with Crippen molar-refractivity contribution in [2.24, 2.45) is 4.99 Å². The minimum atomic E-state index is 0. The molecule has 2 rings (SSSR count). The topological polar surface area (TPSA) is 73.3 Å². The van der Waals surface area contributed by atoms with E-state index in [2.05, 4.69) is 15.6 Å². The number of nitrogens with zero attached hydrogens (tertiary/aromatic N) is 1. The van der Waals surface area contributed by atoms with Crippen LogP contribution in [0.15, 0.2) is 41.4 Å². The summed E-state index contributed by atoms with van der Waals surface area (Å²) in [6.07, 6.45) is 0. The SMILES string of the molecule is CN=C(NCc1cccc(OC)c1)NCc1cc(OC)c(OC)cc1OC.I. The number of rotatable bonds is 8. The summed E-state index contributed by atoms with van der Waals surface area (Å²) in [5.74, 6) is 3.48. The molecule has 2 aromatic rings. The normalized spacial score (nSPS) is 10.5. The summed E-state index contributed by atoms with van der Waals surface area (Å²) in [6.45, 7) is 1.14. The Balaban J connectivity index is 0.00000392. The first-order valence-corrected chi connectivity index (χ1v) is 8.51. The molecule has 0 radical (unpaired) electrons. The van der Waals surface area contributed by atoms with Crippen molar-refractivity contribution in [3.05, 3.63) is 47.5 Å². The van der Waals surface area contributed by atoms with Crippen LogP contribution in [0.2, 0.25) is 0 Å². The van der Waals surface area contributed by atoms with Gasteiger partial charge in [-0.3, -0.25) is 4.99 Å². The second-order valence-corrected chi connectivity index (χ2v) is 5.65. The molecule has 0 aliphatic heterocycles. The van der Waals surface area contributed by atoms with Crippen LogP contribution in [-0.2, 0) is 13.1 Å². The Morgan fingerprint density at radius 2 is 1.46 bits per heavy atom. The molecule has 0 amide bonds. The predicted octanol–water partition coefficient (Wildman–Crippen LogP) is 3.20. The first-order chi connectivity index (χ1) is 13.1. The number of hydrogen-bond acceptors (Lipinski definition) is 5. The summed E-state index contributed by atoms with van der Waals surface area (Å²) >= 11 is 0. The minimum absolute atomic E-state index is 0. The fourth-order valence-electron chi connectivity index (χ4n) is 2.60. The second kappa shape index (κ2) is 12.2. The van der Waals surface area contributed by atoms with Gasteiger partial charge in [-0.05, 0) is 23.8 Å². The third-order valence-corrected chi connectivity index (χ3v) is 4.05. The quantitative estimate of drug-likeness (QED) is 0.329. The first kappa shape index (κ1) is 23.7. The average molecular weight is 501 g/mol. The minimum Gasteiger partial charge on any atom is -0.497 e. The van der Waals surface area contributed by atoms with Gasteiger partial charge in [0.1, 0.15) is 11.5 Å². The van der Waals surface area contributed by atoms with Gasteiger partial charge in [-0.25, -0.2) is 0 Å². The van der Waals surface area contributed by atoms with Crippen molar-refractivity contribution in [2.75, 3.05) is 35.5 Å². The summed E-state index contributed by atoms with van der Waals surface area (Å²) in [6, 6.07) is 11.6. The smallest absolute Gasteiger partial charge is 0.191 e. The lowest BCUT2D eigenvalue weighted by Gasteiger charge is -2.16. The fourth-order valence-corrected chi connectivity index (χ4v) is 2.60. The molecule has 0 bridgehead atoms. The molecule has 154 valence electrons. The molecular weight excluding hydrogens is 473 g/mol. The molecule has 0 saturated carbocycles. The lowest BCUT2D eigenvalue weighted by atomic mass is 10.1. The van der Waals surface area contributed by atoms with Crippen LogP contribution in [0.5, 0.6) is 23.0 Å². The van der Waals surface area contributed by atoms with Gasteiger partial charge < -0.3 is 29.6 Å². The Hall–Kier alpha value is -2.36. The second-order valence-electron chi connectivity index (χ2n) is 5.65. The van der Waals surface area contributed by atoms with E-state index in [0.29, 0.717) is 36.3 Å². The van der Waals surface area contributed by atoms with Gasteiger partial charge in [-0.2, -0.15) is 0 Å². The van der Waals surface area contributed by atoms with Crippen LogP contribution in [0.1, 0.15) is 11.1 Å². The maximum absolute atomic E-state index is 5.46. The van der Waals surface area contributed by atoms with Crippen molar-refractivity contribution in [2.45, 2.75) is 13.1 Å². The van der Waals surface area contributed by atoms with E-state index in [-0.39, 0.29) is 24.0 Å². The standard InChI is InChI=1S/C20H27N3O4.HI/c1-21-20(22-12-14-7-6-8-16(9-14)24-2)23-13-15-10-18(26-4)19(27-5)11-17(15)25-3;/h6-11H,12-13H2,1-5H3,(H2,21,22,23);1H. The highest BCUT2D eigenvalue weighted by Gasteiger charge is 2.12. The number of nitrogens with one attached hydrogen (secondary N) is 2. The highest BCUT2D eigenvalue weighted by Crippen LogP contribution is 2.34. The van der Waals surface area contributed by atoms with Gasteiger partial charge in [-0.1, -0.05) is 12.1 Å². The third-order valence-electron chi connectivity index (χ3n) is 4.05. The van der Waals surface area contributed by atoms with Gasteiger partial charge in [0.2, 0.25) is 0 Å². The summed E-state index contributed by atoms with van der Waals surface area (Å²) < 4.78 is 21.4. The first-order valence-electron chi connectivity index (χ1n) is 8.51. The number of halogens is 1. The highest BCUT2D eigenvalue weighted by molar-refractivity contribution is 14.0. The third kappa shape index (κ3) is 6.36. The molecule has 0 aromatic heterocycles. The molecule has 0 spiro atoms. The number of ether oxygens (including phenoxy) is 4. The van der Waals surface area contributed by atoms with Gasteiger partial charge in [0.05, 0.1) is 28.4 Å². The Morgan fingerprint density at radius 3 is 2.07 bits per heavy atom. The van der Waals surface area contributed by atoms with Crippen LogP contribution < -0.4 is 29.6 Å². The molecule has 7 nitrogen and oxygen atoms in total. The molecule has 8 heteroatoms. The lowest BCUT2D eigenvalue weighted by molar-refractivity contribution is 0.347. The van der Waals surface area contributed by atoms with Gasteiger partial charge in [0, 0.05) is 31.8 Å². The molecule has 0 saturated heterocycles. The fraction of sp³-hybridized carbons (Fsp3) is 0.350. The van der Waals surface area contributed by atoms with E-state index >= 15 is 0 Å². The van der Waals surface area contributed by atoms with Crippen LogP contribution >= 0.6 is 24.0 Å². The molecule has 2 aromatic carbocycles. The van der Waals surface area contributed by atoms with E-state index in [1.165, 1.54) is 0 Å². The van der Waals surface area contributed by atoms with Gasteiger partial charge >= 0.3 is 0 Å². The number of hydrogen-bond donors (Lipinski definition) is 2. The predicted molar refractivity (Wildman–Crippen MR) is 122 cm³/mol. The van der Waals surface area contributed by atoms with E-state index < -0.39 is 0 Å². The van der Waals surface area contributed by atoms with E-state index in [4.69, 9.17) is 18.9 Å². The Bertz CT molecular complexity index is 784. The zero-order valence-corrected chi connectivity index (χ0v) is 19.2. The maximum Gasteiger partial charge on any atom is 0.191 e. The van der Waals surface area contributed by atoms with Crippen molar-refractivity contribution in [1.29, 1.82) is 0 Å². The molecule has 2 N–H and O–H groups in total. The molecule has 0 heterocycles. The van der Waals surface area contributed by atoms with Crippen LogP contribution in [0.3, 0.4) is 0 Å². The Labute approximate surface area is 183 Å². The Morgan fingerprint density at radius 1 is 0.821 bits per heavy atom. The van der Waals surface area contributed by atoms with E-state index in [9.17, 15) is 0 Å². The van der Waals surface area contributed by atoms with E-state index in [0.717, 1.165) is 16.9 Å². The van der Waals surface area contributed by atoms with Crippen LogP contribution in [0.25, 0.3) is 0 Å². The average Bonchev–Trinajstić information content (AvgIpc) is 2.73. The van der Waals surface area contributed by atoms with Gasteiger partial charge in [0.15, 0.2) is 17.5 Å². The van der Waals surface area contributed by atoms with Crippen molar-refractivity contribution >= 4 is 29.9 Å². The summed E-state index contributed by atoms with van der Waals surface area (Å²) in [7, 11) is 8.21. The summed E-state index contributed by atoms with van der Waals surface area (Å²) in [5, 5.41) is 6.56. The number of methoxy groups -OCH3 is 4. The monoisotopic (exact) mass is 501 g/mol. The molecule has 0 aliphatic carbocycles. The summed E-state index contributed by atoms with van der Waals surface area (Å²) in [5.41, 5.74) is 2.03. The molecule has 0 unspecified atom stereocenters. The lowest BCUT2D eigenvalue weighted by Crippen LogP contribution is -2.36. The van der Waals surface area contributed by atoms with Crippen molar-refractivity contribution in [1.82, 2.24) is 10.6 Å². The van der Waals surface area contributed by atoms with Crippen LogP contribution in [-0.4, -0.2) is 41.4 Å².